The van der Waals surface area contributed by atoms with E-state index in [1.54, 1.807) is 29.1 Å². The number of hydrogen-bond donors (Lipinski definition) is 1. The van der Waals surface area contributed by atoms with Crippen molar-refractivity contribution in [2.45, 2.75) is 37.4 Å². The van der Waals surface area contributed by atoms with E-state index in [1.807, 2.05) is 32.0 Å². The number of nitrogens with zero attached hydrogens (tertiary/aromatic N) is 3. The van der Waals surface area contributed by atoms with Crippen molar-refractivity contribution >= 4 is 33.1 Å². The number of sulfonamides is 1. The first-order valence-electron chi connectivity index (χ1n) is 10.3. The molecule has 0 spiro atoms. The van der Waals surface area contributed by atoms with Gasteiger partial charge in [0.05, 0.1) is 18.7 Å². The number of benzene rings is 1. The standard InChI is InChI=1S/C22H26N4O3S2/c1-16-5-3-6-18(13-16)14-26-20(10-11-23-26)24-22(27)19-7-4-12-25(15-19)31(28,29)21-9-8-17(2)30-21/h3,5-6,8-11,13,19H,4,7,12,14-15H2,1-2H3,(H,24,27)/t19-/m1/s1. The van der Waals surface area contributed by atoms with E-state index < -0.39 is 15.9 Å². The average molecular weight is 459 g/mol. The second-order valence-electron chi connectivity index (χ2n) is 7.92. The highest BCUT2D eigenvalue weighted by molar-refractivity contribution is 7.91. The lowest BCUT2D eigenvalue weighted by molar-refractivity contribution is -0.120. The van der Waals surface area contributed by atoms with E-state index in [9.17, 15) is 13.2 Å². The number of aromatic nitrogens is 2. The van der Waals surface area contributed by atoms with E-state index in [-0.39, 0.29) is 12.5 Å². The van der Waals surface area contributed by atoms with Crippen LogP contribution in [0.15, 0.2) is 52.9 Å². The van der Waals surface area contributed by atoms with Crippen molar-refractivity contribution in [3.05, 3.63) is 64.7 Å². The molecule has 1 amide bonds. The Morgan fingerprint density at radius 3 is 2.81 bits per heavy atom. The molecule has 2 aromatic heterocycles. The molecule has 9 heteroatoms. The maximum Gasteiger partial charge on any atom is 0.252 e. The molecule has 1 aliphatic heterocycles. The molecule has 0 bridgehead atoms. The van der Waals surface area contributed by atoms with Crippen molar-refractivity contribution in [3.8, 4) is 0 Å². The smallest absolute Gasteiger partial charge is 0.252 e. The quantitative estimate of drug-likeness (QED) is 0.611. The Morgan fingerprint density at radius 1 is 1.23 bits per heavy atom. The van der Waals surface area contributed by atoms with E-state index in [4.69, 9.17) is 0 Å². The molecular weight excluding hydrogens is 432 g/mol. The molecule has 164 valence electrons. The second-order valence-corrected chi connectivity index (χ2v) is 11.4. The summed E-state index contributed by atoms with van der Waals surface area (Å²) in [6.07, 6.45) is 2.97. The van der Waals surface area contributed by atoms with Gasteiger partial charge < -0.3 is 5.32 Å². The van der Waals surface area contributed by atoms with Gasteiger partial charge in [0.25, 0.3) is 10.0 Å². The summed E-state index contributed by atoms with van der Waals surface area (Å²) in [4.78, 5) is 13.9. The fraction of sp³-hybridized carbons (Fsp3) is 0.364. The monoisotopic (exact) mass is 458 g/mol. The zero-order valence-corrected chi connectivity index (χ0v) is 19.2. The molecule has 1 atom stereocenters. The number of thiophene rings is 1. The van der Waals surface area contributed by atoms with Gasteiger partial charge in [0.1, 0.15) is 10.0 Å². The predicted octanol–water partition coefficient (Wildman–Crippen LogP) is 3.65. The molecule has 0 saturated carbocycles. The van der Waals surface area contributed by atoms with Crippen LogP contribution in [0.4, 0.5) is 5.82 Å². The summed E-state index contributed by atoms with van der Waals surface area (Å²) >= 11 is 1.26. The molecule has 31 heavy (non-hydrogen) atoms. The normalized spacial score (nSPS) is 17.5. The summed E-state index contributed by atoms with van der Waals surface area (Å²) < 4.78 is 29.4. The molecule has 0 radical (unpaired) electrons. The van der Waals surface area contributed by atoms with Crippen LogP contribution in [0, 0.1) is 19.8 Å². The molecule has 0 aliphatic carbocycles. The molecule has 1 fully saturated rings. The van der Waals surface area contributed by atoms with Crippen LogP contribution >= 0.6 is 11.3 Å². The molecule has 4 rings (SSSR count). The van der Waals surface area contributed by atoms with Gasteiger partial charge in [-0.15, -0.1) is 11.3 Å². The summed E-state index contributed by atoms with van der Waals surface area (Å²) in [6, 6.07) is 13.4. The Labute approximate surface area is 186 Å². The fourth-order valence-corrected chi connectivity index (χ4v) is 6.79. The van der Waals surface area contributed by atoms with Gasteiger partial charge in [0, 0.05) is 24.0 Å². The van der Waals surface area contributed by atoms with Crippen molar-refractivity contribution in [2.24, 2.45) is 5.92 Å². The number of carbonyl (C=O) groups excluding carboxylic acids is 1. The number of piperidine rings is 1. The summed E-state index contributed by atoms with van der Waals surface area (Å²) in [7, 11) is -3.57. The summed E-state index contributed by atoms with van der Waals surface area (Å²) in [5, 5.41) is 7.29. The maximum absolute atomic E-state index is 13.0. The molecule has 1 saturated heterocycles. The van der Waals surface area contributed by atoms with Crippen molar-refractivity contribution in [1.82, 2.24) is 14.1 Å². The van der Waals surface area contributed by atoms with Gasteiger partial charge in [-0.25, -0.2) is 13.1 Å². The third kappa shape index (κ3) is 4.89. The minimum atomic E-state index is -3.57. The van der Waals surface area contributed by atoms with E-state index in [2.05, 4.69) is 16.5 Å². The largest absolute Gasteiger partial charge is 0.311 e. The van der Waals surface area contributed by atoms with E-state index in [0.717, 1.165) is 10.4 Å². The number of amides is 1. The molecule has 1 N–H and O–H groups in total. The van der Waals surface area contributed by atoms with E-state index >= 15 is 0 Å². The van der Waals surface area contributed by atoms with Crippen molar-refractivity contribution in [2.75, 3.05) is 18.4 Å². The Balaban J connectivity index is 1.44. The van der Waals surface area contributed by atoms with Crippen LogP contribution in [0.1, 0.15) is 28.8 Å². The van der Waals surface area contributed by atoms with Crippen LogP contribution in [0.3, 0.4) is 0 Å². The number of hydrogen-bond acceptors (Lipinski definition) is 5. The highest BCUT2D eigenvalue weighted by atomic mass is 32.2. The Kier molecular flexibility index (Phi) is 6.27. The summed E-state index contributed by atoms with van der Waals surface area (Å²) in [5.74, 6) is 0.0422. The molecule has 7 nitrogen and oxygen atoms in total. The number of carbonyl (C=O) groups is 1. The number of rotatable bonds is 6. The van der Waals surface area contributed by atoms with E-state index in [0.29, 0.717) is 36.0 Å². The first-order valence-corrected chi connectivity index (χ1v) is 12.5. The van der Waals surface area contributed by atoms with Crippen molar-refractivity contribution in [1.29, 1.82) is 0 Å². The zero-order valence-electron chi connectivity index (χ0n) is 17.6. The minimum absolute atomic E-state index is 0.173. The first-order chi connectivity index (χ1) is 14.8. The minimum Gasteiger partial charge on any atom is -0.311 e. The van der Waals surface area contributed by atoms with Crippen molar-refractivity contribution < 1.29 is 13.2 Å². The van der Waals surface area contributed by atoms with Crippen LogP contribution in [-0.4, -0.2) is 41.5 Å². The molecule has 3 heterocycles. The third-order valence-corrected chi connectivity index (χ3v) is 8.78. The molecule has 1 aromatic carbocycles. The van der Waals surface area contributed by atoms with Crippen LogP contribution in [-0.2, 0) is 21.4 Å². The Hall–Kier alpha value is -2.49. The summed E-state index contributed by atoms with van der Waals surface area (Å²) in [6.45, 7) is 5.10. The molecule has 1 aliphatic rings. The second kappa shape index (κ2) is 8.94. The number of anilines is 1. The van der Waals surface area contributed by atoms with Gasteiger partial charge in [-0.2, -0.15) is 9.40 Å². The molecule has 0 unspecified atom stereocenters. The van der Waals surface area contributed by atoms with Gasteiger partial charge in [-0.3, -0.25) is 4.79 Å². The van der Waals surface area contributed by atoms with E-state index in [1.165, 1.54) is 21.2 Å². The highest BCUT2D eigenvalue weighted by Gasteiger charge is 2.34. The van der Waals surface area contributed by atoms with Gasteiger partial charge in [0.2, 0.25) is 5.91 Å². The lowest BCUT2D eigenvalue weighted by Gasteiger charge is -2.30. The van der Waals surface area contributed by atoms with Gasteiger partial charge in [-0.05, 0) is 44.4 Å². The van der Waals surface area contributed by atoms with Crippen molar-refractivity contribution in [3.63, 3.8) is 0 Å². The summed E-state index contributed by atoms with van der Waals surface area (Å²) in [5.41, 5.74) is 2.26. The SMILES string of the molecule is Cc1cccc(Cn2nccc2NC(=O)[C@@H]2CCCN(S(=O)(=O)c3ccc(C)s3)C2)c1. The maximum atomic E-state index is 13.0. The van der Waals surface area contributed by atoms with Gasteiger partial charge in [-0.1, -0.05) is 29.8 Å². The predicted molar refractivity (Wildman–Crippen MR) is 122 cm³/mol. The van der Waals surface area contributed by atoms with Crippen LogP contribution in [0.25, 0.3) is 0 Å². The lowest BCUT2D eigenvalue weighted by atomic mass is 9.99. The lowest BCUT2D eigenvalue weighted by Crippen LogP contribution is -2.43. The first kappa shape index (κ1) is 21.7. The third-order valence-electron chi connectivity index (χ3n) is 5.45. The van der Waals surface area contributed by atoms with Crippen LogP contribution in [0.5, 0.6) is 0 Å². The zero-order chi connectivity index (χ0) is 22.0. The topological polar surface area (TPSA) is 84.3 Å². The van der Waals surface area contributed by atoms with Gasteiger partial charge in [0.15, 0.2) is 0 Å². The highest BCUT2D eigenvalue weighted by Crippen LogP contribution is 2.28. The molecule has 3 aromatic rings. The molecular formula is C22H26N4O3S2. The Morgan fingerprint density at radius 2 is 2.06 bits per heavy atom. The van der Waals surface area contributed by atoms with Crippen LogP contribution in [0.2, 0.25) is 0 Å². The average Bonchev–Trinajstić information content (AvgIpc) is 3.37. The fourth-order valence-electron chi connectivity index (χ4n) is 3.83. The number of aryl methyl sites for hydroxylation is 2. The van der Waals surface area contributed by atoms with Gasteiger partial charge >= 0.3 is 0 Å². The Bertz CT molecular complexity index is 1180. The van der Waals surface area contributed by atoms with Crippen LogP contribution < -0.4 is 5.32 Å². The number of nitrogens with one attached hydrogen (secondary N) is 1.